The number of ether oxygens (including phenoxy) is 1. The van der Waals surface area contributed by atoms with Crippen molar-refractivity contribution in [1.29, 1.82) is 0 Å². The van der Waals surface area contributed by atoms with Gasteiger partial charge in [0.25, 0.3) is 5.91 Å². The first-order chi connectivity index (χ1) is 8.16. The molecule has 1 aliphatic rings. The number of hydrogen-bond acceptors (Lipinski definition) is 6. The standard InChI is InChI=1S/C9H10N4O4/c14-7(12-9-10-3-4-11-13-9)5-1-2-6(17-5)8(15)16/h3-6H,1-2H2,(H,15,16)(H,10,12,13,14)/t5-,6+/m0/s1. The molecule has 8 nitrogen and oxygen atoms in total. The Kier molecular flexibility index (Phi) is 3.24. The highest BCUT2D eigenvalue weighted by Crippen LogP contribution is 2.20. The minimum absolute atomic E-state index is 0.0693. The van der Waals surface area contributed by atoms with Gasteiger partial charge >= 0.3 is 5.97 Å². The van der Waals surface area contributed by atoms with Crippen LogP contribution in [0.5, 0.6) is 0 Å². The number of anilines is 1. The summed E-state index contributed by atoms with van der Waals surface area (Å²) in [6, 6.07) is 0. The molecule has 0 unspecified atom stereocenters. The Balaban J connectivity index is 1.92. The molecule has 1 saturated heterocycles. The highest BCUT2D eigenvalue weighted by molar-refractivity contribution is 5.93. The van der Waals surface area contributed by atoms with Crippen molar-refractivity contribution in [1.82, 2.24) is 15.2 Å². The van der Waals surface area contributed by atoms with Gasteiger partial charge < -0.3 is 9.84 Å². The van der Waals surface area contributed by atoms with E-state index in [-0.39, 0.29) is 5.95 Å². The van der Waals surface area contributed by atoms with Crippen LogP contribution in [0.25, 0.3) is 0 Å². The van der Waals surface area contributed by atoms with Crippen LogP contribution in [0.15, 0.2) is 12.4 Å². The summed E-state index contributed by atoms with van der Waals surface area (Å²) in [5.74, 6) is -1.44. The number of nitrogens with one attached hydrogen (secondary N) is 1. The van der Waals surface area contributed by atoms with E-state index >= 15 is 0 Å². The van der Waals surface area contributed by atoms with E-state index in [4.69, 9.17) is 9.84 Å². The topological polar surface area (TPSA) is 114 Å². The zero-order valence-electron chi connectivity index (χ0n) is 8.74. The van der Waals surface area contributed by atoms with Gasteiger partial charge in [0.05, 0.1) is 12.4 Å². The molecule has 1 aromatic rings. The third-order valence-corrected chi connectivity index (χ3v) is 2.31. The van der Waals surface area contributed by atoms with Gasteiger partial charge in [0, 0.05) is 0 Å². The lowest BCUT2D eigenvalue weighted by molar-refractivity contribution is -0.150. The Morgan fingerprint density at radius 3 is 2.71 bits per heavy atom. The maximum absolute atomic E-state index is 11.6. The highest BCUT2D eigenvalue weighted by Gasteiger charge is 2.34. The Hall–Kier alpha value is -2.09. The normalized spacial score (nSPS) is 23.3. The van der Waals surface area contributed by atoms with Crippen LogP contribution in [0.3, 0.4) is 0 Å². The molecule has 1 aliphatic heterocycles. The summed E-state index contributed by atoms with van der Waals surface area (Å²) in [6.07, 6.45) is 1.76. The second-order valence-electron chi connectivity index (χ2n) is 3.48. The molecular weight excluding hydrogens is 228 g/mol. The SMILES string of the molecule is O=C(Nc1nccnn1)[C@@H]1CC[C@H](C(=O)O)O1. The molecule has 0 aromatic carbocycles. The fraction of sp³-hybridized carbons (Fsp3) is 0.444. The van der Waals surface area contributed by atoms with E-state index in [1.54, 1.807) is 0 Å². The molecule has 0 spiro atoms. The number of carbonyl (C=O) groups excluding carboxylic acids is 1. The second kappa shape index (κ2) is 4.83. The van der Waals surface area contributed by atoms with E-state index in [9.17, 15) is 9.59 Å². The van der Waals surface area contributed by atoms with Crippen molar-refractivity contribution in [3.63, 3.8) is 0 Å². The first-order valence-electron chi connectivity index (χ1n) is 4.99. The number of amides is 1. The fourth-order valence-corrected chi connectivity index (χ4v) is 1.51. The molecule has 2 N–H and O–H groups in total. The summed E-state index contributed by atoms with van der Waals surface area (Å²) >= 11 is 0. The van der Waals surface area contributed by atoms with Crippen molar-refractivity contribution in [2.75, 3.05) is 5.32 Å². The molecule has 0 bridgehead atoms. The number of rotatable bonds is 3. The van der Waals surface area contributed by atoms with Crippen LogP contribution in [-0.2, 0) is 14.3 Å². The molecule has 2 atom stereocenters. The van der Waals surface area contributed by atoms with Gasteiger partial charge in [-0.3, -0.25) is 10.1 Å². The average Bonchev–Trinajstić information content (AvgIpc) is 2.79. The predicted octanol–water partition coefficient (Wildman–Crippen LogP) is -0.558. The third-order valence-electron chi connectivity index (χ3n) is 2.31. The minimum Gasteiger partial charge on any atom is -0.479 e. The van der Waals surface area contributed by atoms with Crippen molar-refractivity contribution >= 4 is 17.8 Å². The van der Waals surface area contributed by atoms with Crippen LogP contribution in [0, 0.1) is 0 Å². The van der Waals surface area contributed by atoms with E-state index in [2.05, 4.69) is 20.5 Å². The van der Waals surface area contributed by atoms with Crippen LogP contribution >= 0.6 is 0 Å². The number of aliphatic carboxylic acids is 1. The average molecular weight is 238 g/mol. The monoisotopic (exact) mass is 238 g/mol. The smallest absolute Gasteiger partial charge is 0.332 e. The van der Waals surface area contributed by atoms with Crippen LogP contribution in [0.1, 0.15) is 12.8 Å². The van der Waals surface area contributed by atoms with Crippen LogP contribution < -0.4 is 5.32 Å². The van der Waals surface area contributed by atoms with Crippen molar-refractivity contribution < 1.29 is 19.4 Å². The Morgan fingerprint density at radius 1 is 1.35 bits per heavy atom. The molecule has 90 valence electrons. The maximum atomic E-state index is 11.6. The first-order valence-corrected chi connectivity index (χ1v) is 4.99. The van der Waals surface area contributed by atoms with Gasteiger partial charge in [-0.2, -0.15) is 5.10 Å². The van der Waals surface area contributed by atoms with Crippen molar-refractivity contribution in [2.45, 2.75) is 25.0 Å². The number of nitrogens with zero attached hydrogens (tertiary/aromatic N) is 3. The van der Waals surface area contributed by atoms with Crippen molar-refractivity contribution in [3.8, 4) is 0 Å². The first kappa shape index (κ1) is 11.4. The summed E-state index contributed by atoms with van der Waals surface area (Å²) in [6.45, 7) is 0. The molecule has 1 aromatic heterocycles. The van der Waals surface area contributed by atoms with Gasteiger partial charge in [-0.1, -0.05) is 0 Å². The van der Waals surface area contributed by atoms with E-state index in [1.807, 2.05) is 0 Å². The summed E-state index contributed by atoms with van der Waals surface area (Å²) in [5.41, 5.74) is 0. The summed E-state index contributed by atoms with van der Waals surface area (Å²) < 4.78 is 5.07. The molecule has 1 amide bonds. The lowest BCUT2D eigenvalue weighted by Crippen LogP contribution is -2.30. The molecule has 17 heavy (non-hydrogen) atoms. The molecule has 0 radical (unpaired) electrons. The predicted molar refractivity (Wildman–Crippen MR) is 54.0 cm³/mol. The van der Waals surface area contributed by atoms with Gasteiger partial charge in [0.15, 0.2) is 6.10 Å². The van der Waals surface area contributed by atoms with Gasteiger partial charge in [0.2, 0.25) is 5.95 Å². The molecule has 0 saturated carbocycles. The summed E-state index contributed by atoms with van der Waals surface area (Å²) in [7, 11) is 0. The van der Waals surface area contributed by atoms with E-state index in [0.29, 0.717) is 12.8 Å². The zero-order valence-corrected chi connectivity index (χ0v) is 8.74. The largest absolute Gasteiger partial charge is 0.479 e. The van der Waals surface area contributed by atoms with Crippen LogP contribution in [-0.4, -0.2) is 44.4 Å². The number of carbonyl (C=O) groups is 2. The Morgan fingerprint density at radius 2 is 2.12 bits per heavy atom. The second-order valence-corrected chi connectivity index (χ2v) is 3.48. The quantitative estimate of drug-likeness (QED) is 0.725. The van der Waals surface area contributed by atoms with Gasteiger partial charge in [-0.15, -0.1) is 5.10 Å². The third kappa shape index (κ3) is 2.72. The highest BCUT2D eigenvalue weighted by atomic mass is 16.5. The molecule has 2 rings (SSSR count). The van der Waals surface area contributed by atoms with E-state index in [0.717, 1.165) is 0 Å². The molecular formula is C9H10N4O4. The lowest BCUT2D eigenvalue weighted by atomic mass is 10.2. The molecule has 8 heteroatoms. The number of carboxylic acid groups (broad SMARTS) is 1. The van der Waals surface area contributed by atoms with E-state index in [1.165, 1.54) is 12.4 Å². The number of aromatic nitrogens is 3. The van der Waals surface area contributed by atoms with Crippen LogP contribution in [0.2, 0.25) is 0 Å². The number of hydrogen-bond donors (Lipinski definition) is 2. The summed E-state index contributed by atoms with van der Waals surface area (Å²) in [5, 5.41) is 18.2. The Bertz CT molecular complexity index is 424. The van der Waals surface area contributed by atoms with Gasteiger partial charge in [-0.05, 0) is 12.8 Å². The lowest BCUT2D eigenvalue weighted by Gasteiger charge is -2.10. The maximum Gasteiger partial charge on any atom is 0.332 e. The van der Waals surface area contributed by atoms with Crippen molar-refractivity contribution in [3.05, 3.63) is 12.4 Å². The van der Waals surface area contributed by atoms with Gasteiger partial charge in [-0.25, -0.2) is 9.78 Å². The summed E-state index contributed by atoms with van der Waals surface area (Å²) in [4.78, 5) is 26.0. The molecule has 2 heterocycles. The van der Waals surface area contributed by atoms with Gasteiger partial charge in [0.1, 0.15) is 6.10 Å². The zero-order chi connectivity index (χ0) is 12.3. The molecule has 0 aliphatic carbocycles. The van der Waals surface area contributed by atoms with E-state index < -0.39 is 24.1 Å². The Labute approximate surface area is 96.0 Å². The van der Waals surface area contributed by atoms with Crippen molar-refractivity contribution in [2.24, 2.45) is 0 Å². The fourth-order valence-electron chi connectivity index (χ4n) is 1.51. The minimum atomic E-state index is -1.06. The van der Waals surface area contributed by atoms with Crippen LogP contribution in [0.4, 0.5) is 5.95 Å². The molecule has 1 fully saturated rings. The number of carboxylic acids is 1.